The Bertz CT molecular complexity index is 210. The molecule has 2 aliphatic heterocycles. The molecule has 2 aliphatic rings. The maximum absolute atomic E-state index is 5.97. The van der Waals surface area contributed by atoms with E-state index in [1.807, 2.05) is 0 Å². The smallest absolute Gasteiger partial charge is 0.0588 e. The number of nitrogens with zero attached hydrogens (tertiary/aromatic N) is 1. The molecule has 0 aromatic rings. The highest BCUT2D eigenvalue weighted by molar-refractivity contribution is 4.84. The van der Waals surface area contributed by atoms with Crippen LogP contribution in [0.1, 0.15) is 33.1 Å². The van der Waals surface area contributed by atoms with Crippen LogP contribution in [0, 0.1) is 5.92 Å². The minimum atomic E-state index is 0.425. The summed E-state index contributed by atoms with van der Waals surface area (Å²) in [7, 11) is 0. The van der Waals surface area contributed by atoms with E-state index in [0.29, 0.717) is 18.2 Å². The fourth-order valence-corrected chi connectivity index (χ4v) is 2.85. The van der Waals surface area contributed by atoms with Crippen molar-refractivity contribution >= 4 is 0 Å². The van der Waals surface area contributed by atoms with Crippen molar-refractivity contribution in [1.82, 2.24) is 4.90 Å². The standard InChI is InChI=1S/C12H24N2O/c1-9-7-12(13)3-5-14(9)8-11-4-6-15-10(11)2/h9-12H,3-8,13H2,1-2H3. The monoisotopic (exact) mass is 212 g/mol. The number of piperidine rings is 1. The minimum Gasteiger partial charge on any atom is -0.378 e. The molecule has 15 heavy (non-hydrogen) atoms. The molecule has 88 valence electrons. The summed E-state index contributed by atoms with van der Waals surface area (Å²) < 4.78 is 5.61. The van der Waals surface area contributed by atoms with Gasteiger partial charge in [0, 0.05) is 25.2 Å². The highest BCUT2D eigenvalue weighted by Crippen LogP contribution is 2.24. The minimum absolute atomic E-state index is 0.425. The normalized spacial score (nSPS) is 43.4. The van der Waals surface area contributed by atoms with Gasteiger partial charge in [-0.15, -0.1) is 0 Å². The first-order valence-corrected chi connectivity index (χ1v) is 6.28. The van der Waals surface area contributed by atoms with E-state index in [0.717, 1.165) is 25.4 Å². The molecule has 4 atom stereocenters. The first kappa shape index (κ1) is 11.4. The third kappa shape index (κ3) is 2.71. The molecule has 0 saturated carbocycles. The van der Waals surface area contributed by atoms with Gasteiger partial charge in [0.2, 0.25) is 0 Å². The first-order chi connectivity index (χ1) is 7.16. The quantitative estimate of drug-likeness (QED) is 0.748. The highest BCUT2D eigenvalue weighted by Gasteiger charge is 2.30. The van der Waals surface area contributed by atoms with Gasteiger partial charge in [0.25, 0.3) is 0 Å². The highest BCUT2D eigenvalue weighted by atomic mass is 16.5. The van der Waals surface area contributed by atoms with Gasteiger partial charge in [0.1, 0.15) is 0 Å². The van der Waals surface area contributed by atoms with Crippen LogP contribution in [0.2, 0.25) is 0 Å². The predicted molar refractivity (Wildman–Crippen MR) is 61.8 cm³/mol. The van der Waals surface area contributed by atoms with E-state index in [9.17, 15) is 0 Å². The zero-order chi connectivity index (χ0) is 10.8. The van der Waals surface area contributed by atoms with Gasteiger partial charge in [-0.05, 0) is 45.6 Å². The lowest BCUT2D eigenvalue weighted by atomic mass is 9.95. The molecule has 3 nitrogen and oxygen atoms in total. The van der Waals surface area contributed by atoms with Crippen LogP contribution in [0.15, 0.2) is 0 Å². The average molecular weight is 212 g/mol. The number of hydrogen-bond acceptors (Lipinski definition) is 3. The topological polar surface area (TPSA) is 38.5 Å². The molecule has 2 saturated heterocycles. The van der Waals surface area contributed by atoms with E-state index >= 15 is 0 Å². The molecule has 4 unspecified atom stereocenters. The molecule has 2 rings (SSSR count). The summed E-state index contributed by atoms with van der Waals surface area (Å²) >= 11 is 0. The average Bonchev–Trinajstić information content (AvgIpc) is 2.57. The van der Waals surface area contributed by atoms with Crippen LogP contribution in [0.5, 0.6) is 0 Å². The van der Waals surface area contributed by atoms with E-state index in [1.165, 1.54) is 19.5 Å². The second-order valence-corrected chi connectivity index (χ2v) is 5.25. The van der Waals surface area contributed by atoms with Crippen molar-refractivity contribution in [2.75, 3.05) is 19.7 Å². The SMILES string of the molecule is CC1OCCC1CN1CCC(N)CC1C. The first-order valence-electron chi connectivity index (χ1n) is 6.28. The van der Waals surface area contributed by atoms with Gasteiger partial charge in [-0.25, -0.2) is 0 Å². The van der Waals surface area contributed by atoms with Crippen molar-refractivity contribution < 1.29 is 4.74 Å². The molecule has 2 fully saturated rings. The second-order valence-electron chi connectivity index (χ2n) is 5.25. The van der Waals surface area contributed by atoms with Crippen LogP contribution < -0.4 is 5.73 Å². The van der Waals surface area contributed by atoms with Crippen molar-refractivity contribution in [2.45, 2.75) is 51.3 Å². The van der Waals surface area contributed by atoms with Crippen LogP contribution >= 0.6 is 0 Å². The van der Waals surface area contributed by atoms with Gasteiger partial charge in [0.15, 0.2) is 0 Å². The molecule has 0 radical (unpaired) electrons. The summed E-state index contributed by atoms with van der Waals surface area (Å²) in [4.78, 5) is 2.60. The Morgan fingerprint density at radius 3 is 2.73 bits per heavy atom. The Labute approximate surface area is 93.0 Å². The van der Waals surface area contributed by atoms with Crippen molar-refractivity contribution in [3.8, 4) is 0 Å². The number of ether oxygens (including phenoxy) is 1. The van der Waals surface area contributed by atoms with Crippen LogP contribution in [0.4, 0.5) is 0 Å². The summed E-state index contributed by atoms with van der Waals surface area (Å²) in [6, 6.07) is 1.08. The van der Waals surface area contributed by atoms with Crippen molar-refractivity contribution in [2.24, 2.45) is 11.7 Å². The Balaban J connectivity index is 1.83. The number of likely N-dealkylation sites (tertiary alicyclic amines) is 1. The van der Waals surface area contributed by atoms with Crippen LogP contribution in [-0.4, -0.2) is 42.8 Å². The van der Waals surface area contributed by atoms with Gasteiger partial charge in [-0.3, -0.25) is 0 Å². The van der Waals surface area contributed by atoms with Crippen molar-refractivity contribution in [1.29, 1.82) is 0 Å². The molecule has 2 N–H and O–H groups in total. The Morgan fingerprint density at radius 1 is 1.33 bits per heavy atom. The van der Waals surface area contributed by atoms with E-state index in [2.05, 4.69) is 18.7 Å². The van der Waals surface area contributed by atoms with Crippen LogP contribution in [0.3, 0.4) is 0 Å². The Kier molecular flexibility index (Phi) is 3.65. The molecule has 0 amide bonds. The van der Waals surface area contributed by atoms with Gasteiger partial charge in [-0.2, -0.15) is 0 Å². The number of hydrogen-bond donors (Lipinski definition) is 1. The predicted octanol–water partition coefficient (Wildman–Crippen LogP) is 1.22. The summed E-state index contributed by atoms with van der Waals surface area (Å²) in [6.07, 6.45) is 4.00. The summed E-state index contributed by atoms with van der Waals surface area (Å²) in [5.41, 5.74) is 5.97. The molecule has 0 aromatic carbocycles. The van der Waals surface area contributed by atoms with E-state index in [-0.39, 0.29) is 0 Å². The van der Waals surface area contributed by atoms with Gasteiger partial charge in [0.05, 0.1) is 6.10 Å². The summed E-state index contributed by atoms with van der Waals surface area (Å²) in [5.74, 6) is 0.738. The molecule has 0 aromatic heterocycles. The van der Waals surface area contributed by atoms with E-state index in [1.54, 1.807) is 0 Å². The second kappa shape index (κ2) is 4.81. The lowest BCUT2D eigenvalue weighted by molar-refractivity contribution is 0.0733. The zero-order valence-corrected chi connectivity index (χ0v) is 9.98. The summed E-state index contributed by atoms with van der Waals surface area (Å²) in [6.45, 7) is 7.84. The molecule has 0 spiro atoms. The van der Waals surface area contributed by atoms with E-state index in [4.69, 9.17) is 10.5 Å². The lowest BCUT2D eigenvalue weighted by Gasteiger charge is -2.38. The maximum atomic E-state index is 5.97. The molecule has 0 aliphatic carbocycles. The maximum Gasteiger partial charge on any atom is 0.0588 e. The molecular formula is C12H24N2O. The third-order valence-electron chi connectivity index (χ3n) is 4.06. The van der Waals surface area contributed by atoms with Crippen LogP contribution in [-0.2, 0) is 4.74 Å². The van der Waals surface area contributed by atoms with E-state index < -0.39 is 0 Å². The Hall–Kier alpha value is -0.120. The Morgan fingerprint density at radius 2 is 2.13 bits per heavy atom. The molecule has 0 bridgehead atoms. The van der Waals surface area contributed by atoms with Crippen LogP contribution in [0.25, 0.3) is 0 Å². The number of rotatable bonds is 2. The fraction of sp³-hybridized carbons (Fsp3) is 1.00. The largest absolute Gasteiger partial charge is 0.378 e. The van der Waals surface area contributed by atoms with Gasteiger partial charge in [-0.1, -0.05) is 0 Å². The number of nitrogens with two attached hydrogens (primary N) is 1. The van der Waals surface area contributed by atoms with Gasteiger partial charge >= 0.3 is 0 Å². The van der Waals surface area contributed by atoms with Crippen molar-refractivity contribution in [3.05, 3.63) is 0 Å². The van der Waals surface area contributed by atoms with Gasteiger partial charge < -0.3 is 15.4 Å². The van der Waals surface area contributed by atoms with Crippen molar-refractivity contribution in [3.63, 3.8) is 0 Å². The molecule has 3 heteroatoms. The lowest BCUT2D eigenvalue weighted by Crippen LogP contribution is -2.47. The fourth-order valence-electron chi connectivity index (χ4n) is 2.85. The summed E-state index contributed by atoms with van der Waals surface area (Å²) in [5, 5.41) is 0. The third-order valence-corrected chi connectivity index (χ3v) is 4.06. The zero-order valence-electron chi connectivity index (χ0n) is 9.98. The molecule has 2 heterocycles. The molecular weight excluding hydrogens is 188 g/mol.